The minimum Gasteiger partial charge on any atom is -0.395 e. The first-order valence-corrected chi connectivity index (χ1v) is 9.10. The van der Waals surface area contributed by atoms with Crippen LogP contribution in [-0.2, 0) is 6.54 Å². The average Bonchev–Trinajstić information content (AvgIpc) is 3.06. The van der Waals surface area contributed by atoms with Gasteiger partial charge < -0.3 is 20.8 Å². The molecule has 2 aromatic carbocycles. The Morgan fingerprint density at radius 3 is 2.56 bits per heavy atom. The van der Waals surface area contributed by atoms with Gasteiger partial charge in [-0.05, 0) is 12.1 Å². The van der Waals surface area contributed by atoms with Crippen LogP contribution in [0.2, 0.25) is 0 Å². The number of ketones is 1. The second-order valence-corrected chi connectivity index (χ2v) is 6.45. The van der Waals surface area contributed by atoms with Gasteiger partial charge in [0.25, 0.3) is 0 Å². The van der Waals surface area contributed by atoms with Crippen molar-refractivity contribution in [2.24, 2.45) is 0 Å². The summed E-state index contributed by atoms with van der Waals surface area (Å²) >= 11 is 0. The molecule has 4 rings (SSSR count). The molecule has 0 unspecified atom stereocenters. The summed E-state index contributed by atoms with van der Waals surface area (Å²) in [6.45, 7) is 2.31. The molecule has 0 bridgehead atoms. The maximum absolute atomic E-state index is 13.2. The van der Waals surface area contributed by atoms with Crippen LogP contribution in [0.4, 0.5) is 5.69 Å². The van der Waals surface area contributed by atoms with Crippen LogP contribution in [0.15, 0.2) is 36.4 Å². The maximum Gasteiger partial charge on any atom is 0.196 e. The van der Waals surface area contributed by atoms with Crippen molar-refractivity contribution >= 4 is 22.4 Å². The number of anilines is 1. The monoisotopic (exact) mass is 366 g/mol. The number of benzene rings is 2. The largest absolute Gasteiger partial charge is 0.395 e. The summed E-state index contributed by atoms with van der Waals surface area (Å²) in [4.78, 5) is 13.2. The van der Waals surface area contributed by atoms with E-state index in [2.05, 4.69) is 15.7 Å². The van der Waals surface area contributed by atoms with E-state index in [-0.39, 0.29) is 19.0 Å². The van der Waals surface area contributed by atoms with E-state index in [0.717, 1.165) is 27.8 Å². The standard InChI is InChI=1S/C20H22N4O3/c25-11-9-21-7-8-22-15-5-6-16-18-17(15)20(27)14-4-2-1-3-13(14)19(18)23-24(16)10-12-26/h1-6,21-22,25-26H,7-12H2. The number of rotatable bonds is 8. The van der Waals surface area contributed by atoms with Gasteiger partial charge in [-0.15, -0.1) is 0 Å². The van der Waals surface area contributed by atoms with Gasteiger partial charge in [0.2, 0.25) is 0 Å². The fourth-order valence-corrected chi connectivity index (χ4v) is 3.62. The number of nitrogens with one attached hydrogen (secondary N) is 2. The molecule has 7 nitrogen and oxygen atoms in total. The van der Waals surface area contributed by atoms with Crippen LogP contribution in [0.25, 0.3) is 22.2 Å². The van der Waals surface area contributed by atoms with E-state index in [1.54, 1.807) is 4.68 Å². The lowest BCUT2D eigenvalue weighted by Gasteiger charge is -2.18. The number of nitrogens with zero attached hydrogens (tertiary/aromatic N) is 2. The highest BCUT2D eigenvalue weighted by molar-refractivity contribution is 6.27. The second-order valence-electron chi connectivity index (χ2n) is 6.45. The minimum absolute atomic E-state index is 0.0157. The molecule has 4 N–H and O–H groups in total. The SMILES string of the molecule is O=C1c2ccccc2-c2nn(CCO)c3ccc(NCCNCCO)c1c23. The summed E-state index contributed by atoms with van der Waals surface area (Å²) < 4.78 is 1.76. The molecule has 0 amide bonds. The van der Waals surface area contributed by atoms with E-state index >= 15 is 0 Å². The second kappa shape index (κ2) is 7.48. The molecule has 1 aromatic heterocycles. The quantitative estimate of drug-likeness (QED) is 0.350. The van der Waals surface area contributed by atoms with Crippen molar-refractivity contribution < 1.29 is 15.0 Å². The first kappa shape index (κ1) is 17.7. The van der Waals surface area contributed by atoms with E-state index < -0.39 is 0 Å². The van der Waals surface area contributed by atoms with Gasteiger partial charge in [-0.2, -0.15) is 5.10 Å². The number of fused-ring (bicyclic) bond motifs is 2. The molecule has 1 heterocycles. The zero-order valence-electron chi connectivity index (χ0n) is 14.9. The molecule has 0 spiro atoms. The van der Waals surface area contributed by atoms with Crippen molar-refractivity contribution in [3.63, 3.8) is 0 Å². The van der Waals surface area contributed by atoms with Crippen molar-refractivity contribution in [1.29, 1.82) is 0 Å². The molecule has 0 aliphatic heterocycles. The molecular formula is C20H22N4O3. The Bertz CT molecular complexity index is 996. The van der Waals surface area contributed by atoms with E-state index in [4.69, 9.17) is 5.11 Å². The molecule has 1 aliphatic rings. The van der Waals surface area contributed by atoms with Gasteiger partial charge in [0.15, 0.2) is 5.78 Å². The first-order valence-electron chi connectivity index (χ1n) is 9.10. The molecule has 0 saturated heterocycles. The van der Waals surface area contributed by atoms with Crippen LogP contribution < -0.4 is 10.6 Å². The Morgan fingerprint density at radius 2 is 1.78 bits per heavy atom. The summed E-state index contributed by atoms with van der Waals surface area (Å²) in [5, 5.41) is 30.2. The highest BCUT2D eigenvalue weighted by Crippen LogP contribution is 2.41. The number of aliphatic hydroxyl groups is 2. The van der Waals surface area contributed by atoms with Crippen LogP contribution >= 0.6 is 0 Å². The van der Waals surface area contributed by atoms with Crippen LogP contribution in [0.5, 0.6) is 0 Å². The summed E-state index contributed by atoms with van der Waals surface area (Å²) in [7, 11) is 0. The lowest BCUT2D eigenvalue weighted by molar-refractivity contribution is 0.104. The third kappa shape index (κ3) is 2.99. The van der Waals surface area contributed by atoms with Gasteiger partial charge in [-0.1, -0.05) is 24.3 Å². The minimum atomic E-state index is -0.0162. The van der Waals surface area contributed by atoms with Gasteiger partial charge >= 0.3 is 0 Å². The summed E-state index contributed by atoms with van der Waals surface area (Å²) in [6.07, 6.45) is 0. The van der Waals surface area contributed by atoms with Crippen molar-refractivity contribution in [2.45, 2.75) is 6.54 Å². The lowest BCUT2D eigenvalue weighted by atomic mass is 9.86. The predicted molar refractivity (Wildman–Crippen MR) is 104 cm³/mol. The average molecular weight is 366 g/mol. The molecule has 27 heavy (non-hydrogen) atoms. The van der Waals surface area contributed by atoms with Crippen molar-refractivity contribution in [1.82, 2.24) is 15.1 Å². The Hall–Kier alpha value is -2.74. The van der Waals surface area contributed by atoms with Gasteiger partial charge in [0.1, 0.15) is 5.69 Å². The Balaban J connectivity index is 1.81. The Morgan fingerprint density at radius 1 is 0.963 bits per heavy atom. The van der Waals surface area contributed by atoms with Crippen LogP contribution in [0, 0.1) is 0 Å². The Labute approximate surface area is 156 Å². The molecule has 0 saturated carbocycles. The van der Waals surface area contributed by atoms with Gasteiger partial charge in [-0.3, -0.25) is 9.48 Å². The van der Waals surface area contributed by atoms with Crippen molar-refractivity contribution in [3.05, 3.63) is 47.5 Å². The van der Waals surface area contributed by atoms with E-state index in [0.29, 0.717) is 37.3 Å². The predicted octanol–water partition coefficient (Wildman–Crippen LogP) is 1.23. The number of carbonyl (C=O) groups excluding carboxylic acids is 1. The molecule has 0 radical (unpaired) electrons. The Kier molecular flexibility index (Phi) is 4.89. The van der Waals surface area contributed by atoms with Crippen LogP contribution in [-0.4, -0.2) is 58.6 Å². The van der Waals surface area contributed by atoms with Gasteiger partial charge in [-0.25, -0.2) is 0 Å². The molecule has 140 valence electrons. The van der Waals surface area contributed by atoms with Gasteiger partial charge in [0.05, 0.1) is 30.8 Å². The van der Waals surface area contributed by atoms with Gasteiger partial charge in [0, 0.05) is 41.8 Å². The summed E-state index contributed by atoms with van der Waals surface area (Å²) in [6, 6.07) is 11.4. The lowest BCUT2D eigenvalue weighted by Crippen LogP contribution is -2.25. The maximum atomic E-state index is 13.2. The highest BCUT2D eigenvalue weighted by Gasteiger charge is 2.30. The van der Waals surface area contributed by atoms with E-state index in [1.165, 1.54) is 0 Å². The molecule has 0 fully saturated rings. The zero-order chi connectivity index (χ0) is 18.8. The van der Waals surface area contributed by atoms with E-state index in [9.17, 15) is 9.90 Å². The van der Waals surface area contributed by atoms with Crippen LogP contribution in [0.1, 0.15) is 15.9 Å². The number of aliphatic hydroxyl groups excluding tert-OH is 2. The molecule has 0 atom stereocenters. The summed E-state index contributed by atoms with van der Waals surface area (Å²) in [5.41, 5.74) is 4.52. The number of hydrogen-bond acceptors (Lipinski definition) is 6. The number of aromatic nitrogens is 2. The highest BCUT2D eigenvalue weighted by atomic mass is 16.3. The van der Waals surface area contributed by atoms with E-state index in [1.807, 2.05) is 36.4 Å². The number of carbonyl (C=O) groups is 1. The zero-order valence-corrected chi connectivity index (χ0v) is 14.9. The summed E-state index contributed by atoms with van der Waals surface area (Å²) in [5.74, 6) is -0.0157. The molecule has 7 heteroatoms. The molecular weight excluding hydrogens is 344 g/mol. The third-order valence-electron chi connectivity index (χ3n) is 4.79. The fraction of sp³-hybridized carbons (Fsp3) is 0.300. The van der Waals surface area contributed by atoms with Crippen molar-refractivity contribution in [3.8, 4) is 11.3 Å². The topological polar surface area (TPSA) is 99.4 Å². The smallest absolute Gasteiger partial charge is 0.196 e. The van der Waals surface area contributed by atoms with Crippen molar-refractivity contribution in [2.75, 3.05) is 38.2 Å². The normalized spacial score (nSPS) is 12.4. The van der Waals surface area contributed by atoms with Crippen LogP contribution in [0.3, 0.4) is 0 Å². The molecule has 3 aromatic rings. The fourth-order valence-electron chi connectivity index (χ4n) is 3.62. The third-order valence-corrected chi connectivity index (χ3v) is 4.79. The first-order chi connectivity index (χ1) is 13.3. The molecule has 1 aliphatic carbocycles. The number of hydrogen-bond donors (Lipinski definition) is 4.